The SMILES string of the molecule is CC(C)(C)OC(=O)Nc1ccc(Br)c2ccc(O)cc12.CC(C)(C)OC(=O)Nc1ccc(Br)c2ccc(OS(C)(=O)=O)cc12.CC(C)(C)OC(=O)Nc1cccc2ccc(O)cc12.CC(C)(C)OC(=O)Nc1cccc2ccc(OS(C)(=O)=O)cc12.COc1ccc2c(Br)ccc(N)c2c1.COc1ccc2c(Br)ccc(NC(=O)OC(C)(C)C)c2c1.COc1ccc2c(C3CC3)ccc(N)c2c1.Nc1cccc2ccc(O)cc12. The summed E-state index contributed by atoms with van der Waals surface area (Å²) in [5.74, 6) is 4.06. The Labute approximate surface area is 900 Å². The Kier molecular flexibility index (Phi) is 39.1. The van der Waals surface area contributed by atoms with Crippen molar-refractivity contribution in [3.63, 3.8) is 0 Å². The molecular weight excluding hydrogens is 2210 g/mol. The number of hydrogen-bond acceptors (Lipinski definition) is 25. The predicted octanol–water partition coefficient (Wildman–Crippen LogP) is 29.9. The summed E-state index contributed by atoms with van der Waals surface area (Å²) in [6, 6.07) is 77.9. The van der Waals surface area contributed by atoms with E-state index in [2.05, 4.69) is 102 Å². The first kappa shape index (κ1) is 116. The van der Waals surface area contributed by atoms with Crippen LogP contribution in [0.1, 0.15) is 128 Å². The van der Waals surface area contributed by atoms with Crippen molar-refractivity contribution in [3.8, 4) is 46.0 Å². The zero-order valence-corrected chi connectivity index (χ0v) is 94.0. The minimum Gasteiger partial charge on any atom is -0.508 e. The summed E-state index contributed by atoms with van der Waals surface area (Å²) in [5.41, 5.74) is 21.3. The van der Waals surface area contributed by atoms with Crippen molar-refractivity contribution in [3.05, 3.63) is 284 Å². The number of anilines is 8. The molecular formula is C113H122Br4N8O22S2. The van der Waals surface area contributed by atoms with Gasteiger partial charge in [0.1, 0.15) is 74.0 Å². The van der Waals surface area contributed by atoms with Crippen LogP contribution in [0, 0.1) is 0 Å². The molecule has 36 heteroatoms. The lowest BCUT2D eigenvalue weighted by Gasteiger charge is -2.20. The fourth-order valence-corrected chi connectivity index (χ4v) is 17.4. The lowest BCUT2D eigenvalue weighted by Crippen LogP contribution is -2.27. The van der Waals surface area contributed by atoms with E-state index in [-0.39, 0.29) is 28.7 Å². The van der Waals surface area contributed by atoms with Crippen LogP contribution < -0.4 is 66.4 Å². The summed E-state index contributed by atoms with van der Waals surface area (Å²) in [7, 11) is -2.32. The summed E-state index contributed by atoms with van der Waals surface area (Å²) in [6.45, 7) is 26.9. The van der Waals surface area contributed by atoms with Gasteiger partial charge in [0.25, 0.3) is 0 Å². The fraction of sp³-hybridized carbons (Fsp3) is 0.248. The number of ether oxygens (including phenoxy) is 8. The minimum atomic E-state index is -3.64. The monoisotopic (exact) mass is 2320 g/mol. The molecule has 1 aliphatic rings. The van der Waals surface area contributed by atoms with Crippen LogP contribution in [0.5, 0.6) is 46.0 Å². The molecule has 5 amide bonds. The van der Waals surface area contributed by atoms with Gasteiger partial charge in [-0.25, -0.2) is 24.0 Å². The molecule has 1 fully saturated rings. The maximum atomic E-state index is 12.0. The number of benzene rings is 16. The third kappa shape index (κ3) is 36.2. The zero-order valence-electron chi connectivity index (χ0n) is 86.0. The first-order valence-electron chi connectivity index (χ1n) is 46.5. The van der Waals surface area contributed by atoms with Crippen LogP contribution in [-0.2, 0) is 43.9 Å². The number of phenols is 3. The molecule has 16 aromatic rings. The predicted molar refractivity (Wildman–Crippen MR) is 612 cm³/mol. The molecule has 0 saturated heterocycles. The second-order valence-electron chi connectivity index (χ2n) is 39.0. The molecule has 17 rings (SSSR count). The number of halogens is 4. The van der Waals surface area contributed by atoms with Crippen molar-refractivity contribution >= 4 is 246 Å². The number of fused-ring (bicyclic) bond motifs is 8. The molecule has 0 bridgehead atoms. The molecule has 0 atom stereocenters. The lowest BCUT2D eigenvalue weighted by molar-refractivity contribution is 0.0625. The second-order valence-corrected chi connectivity index (χ2v) is 45.5. The third-order valence-corrected chi connectivity index (χ3v) is 24.6. The highest BCUT2D eigenvalue weighted by molar-refractivity contribution is 9.11. The van der Waals surface area contributed by atoms with Gasteiger partial charge in [-0.15, -0.1) is 0 Å². The molecule has 0 aromatic heterocycles. The molecule has 0 radical (unpaired) electrons. The van der Waals surface area contributed by atoms with E-state index >= 15 is 0 Å². The molecule has 0 spiro atoms. The molecule has 14 N–H and O–H groups in total. The van der Waals surface area contributed by atoms with Gasteiger partial charge in [-0.3, -0.25) is 26.6 Å². The first-order valence-corrected chi connectivity index (χ1v) is 53.3. The highest BCUT2D eigenvalue weighted by Crippen LogP contribution is 2.46. The molecule has 1 saturated carbocycles. The van der Waals surface area contributed by atoms with Crippen molar-refractivity contribution in [1.82, 2.24) is 0 Å². The average molecular weight is 2330 g/mol. The highest BCUT2D eigenvalue weighted by Gasteiger charge is 2.28. The Morgan fingerprint density at radius 2 is 0.530 bits per heavy atom. The van der Waals surface area contributed by atoms with E-state index in [1.165, 1.54) is 23.8 Å². The molecule has 30 nitrogen and oxygen atoms in total. The van der Waals surface area contributed by atoms with E-state index in [9.17, 15) is 56.1 Å². The molecule has 786 valence electrons. The van der Waals surface area contributed by atoms with Crippen molar-refractivity contribution in [2.24, 2.45) is 0 Å². The molecule has 1 aliphatic carbocycles. The Hall–Kier alpha value is -14.4. The van der Waals surface area contributed by atoms with Crippen LogP contribution in [0.25, 0.3) is 86.2 Å². The number of carbonyl (C=O) groups excluding carboxylic acids is 5. The molecule has 0 unspecified atom stereocenters. The van der Waals surface area contributed by atoms with Crippen LogP contribution in [0.4, 0.5) is 69.5 Å². The van der Waals surface area contributed by atoms with E-state index < -0.39 is 78.7 Å². The topological polar surface area (TPSA) is 445 Å². The number of carbonyl (C=O) groups is 5. The Bertz CT molecular complexity index is 7860. The largest absolute Gasteiger partial charge is 0.508 e. The summed E-state index contributed by atoms with van der Waals surface area (Å²) in [6.07, 6.45) is 1.87. The van der Waals surface area contributed by atoms with Crippen molar-refractivity contribution in [2.75, 3.05) is 77.6 Å². The minimum absolute atomic E-state index is 0.142. The number of phenolic OH excluding ortho intramolecular Hbond substituents is 3. The van der Waals surface area contributed by atoms with Crippen molar-refractivity contribution < 1.29 is 102 Å². The van der Waals surface area contributed by atoms with Crippen molar-refractivity contribution in [1.29, 1.82) is 0 Å². The Morgan fingerprint density at radius 3 is 0.893 bits per heavy atom. The van der Waals surface area contributed by atoms with Gasteiger partial charge in [-0.2, -0.15) is 16.8 Å². The maximum Gasteiger partial charge on any atom is 0.412 e. The van der Waals surface area contributed by atoms with Gasteiger partial charge >= 0.3 is 50.7 Å². The zero-order chi connectivity index (χ0) is 110. The van der Waals surface area contributed by atoms with Gasteiger partial charge in [0.15, 0.2) is 0 Å². The quantitative estimate of drug-likeness (QED) is 0.0290. The number of hydrogen-bond donors (Lipinski definition) is 11. The van der Waals surface area contributed by atoms with Crippen LogP contribution in [0.3, 0.4) is 0 Å². The summed E-state index contributed by atoms with van der Waals surface area (Å²) >= 11 is 13.9. The van der Waals surface area contributed by atoms with Gasteiger partial charge in [0.05, 0.1) is 62.3 Å². The Morgan fingerprint density at radius 1 is 0.282 bits per heavy atom. The number of nitrogens with two attached hydrogens (primary N) is 3. The summed E-state index contributed by atoms with van der Waals surface area (Å²) in [4.78, 5) is 59.5. The van der Waals surface area contributed by atoms with E-state index in [1.54, 1.807) is 205 Å². The number of nitrogen functional groups attached to an aromatic ring is 3. The number of rotatable bonds is 13. The van der Waals surface area contributed by atoms with Gasteiger partial charge in [0.2, 0.25) is 0 Å². The lowest BCUT2D eigenvalue weighted by atomic mass is 9.99. The number of nitrogens with one attached hydrogen (secondary N) is 5. The molecule has 0 aliphatic heterocycles. The van der Waals surface area contributed by atoms with Gasteiger partial charge in [0, 0.05) is 78.0 Å². The summed E-state index contributed by atoms with van der Waals surface area (Å²) < 4.78 is 100. The number of aromatic hydroxyl groups is 3. The molecule has 149 heavy (non-hydrogen) atoms. The van der Waals surface area contributed by atoms with Crippen LogP contribution in [0.2, 0.25) is 0 Å². The first-order chi connectivity index (χ1) is 69.7. The van der Waals surface area contributed by atoms with Crippen LogP contribution >= 0.6 is 63.7 Å². The van der Waals surface area contributed by atoms with E-state index in [1.807, 2.05) is 169 Å². The van der Waals surface area contributed by atoms with Crippen LogP contribution in [-0.4, -0.2) is 124 Å². The molecule has 0 heterocycles. The normalized spacial score (nSPS) is 11.8. The smallest absolute Gasteiger partial charge is 0.412 e. The average Bonchev–Trinajstić information content (AvgIpc) is 1.20. The highest BCUT2D eigenvalue weighted by atomic mass is 79.9. The summed E-state index contributed by atoms with van der Waals surface area (Å²) in [5, 5.41) is 56.4. The van der Waals surface area contributed by atoms with Crippen molar-refractivity contribution in [2.45, 2.75) is 151 Å². The second kappa shape index (κ2) is 50.0. The fourth-order valence-electron chi connectivity index (χ4n) is 14.6. The molecule has 16 aromatic carbocycles. The number of methoxy groups -OCH3 is 3. The van der Waals surface area contributed by atoms with E-state index in [4.69, 9.17) is 63.5 Å². The number of amides is 5. The Balaban J connectivity index is 0.000000175. The van der Waals surface area contributed by atoms with Gasteiger partial charge < -0.3 is 78.8 Å². The maximum absolute atomic E-state index is 12.0. The van der Waals surface area contributed by atoms with Gasteiger partial charge in [-0.05, 0) is 365 Å². The third-order valence-electron chi connectivity index (χ3n) is 20.9. The van der Waals surface area contributed by atoms with Crippen LogP contribution in [0.15, 0.2) is 279 Å². The van der Waals surface area contributed by atoms with E-state index in [0.29, 0.717) is 44.9 Å². The standard InChI is InChI=1S/C16H18BrNO5S.C16H18BrNO3.C16H19NO5S.C15H16BrNO3.C15H17NO3.C14H15NO.C11H10BrNO.C10H9NO/c1-16(2,3)22-15(19)18-14-8-7-13(17)11-6-5-10(9-12(11)14)23-24(4,20)21;1-16(2,3)21-15(19)18-14-8-7-13(17)11-6-5-10(20-4)9-12(11)14;1-16(2,3)21-15(18)17-14-7-5-6-11-8-9-12(10-13(11)14)22-23(4,19)20;1-15(2,3)20-14(19)17-13-7-6-12(16)10-5-4-9(18)8-11(10)13;1-15(2,3)19-14(18)16-13-6-4-5-10-7-8-11(17)9-12(10)13;1-16-10-4-5-12-11(9-2-3-9)6-7-14(15)13(12)8-10;1-14-7-2-3-8-9(6-7)11(13)5-4-10(8)12;11-10-3-1-2-7-4-5-8(12)6-9(7)10/h5-9H,1-4H3,(H,18,19);5-9H,1-4H3,(H,18,19);5-10H,1-4H3,(H,17,18);4-8,18H,1-3H3,(H,17,19);4-9,17H,1-3H3,(H,16,18);4-9H,2-3,15H2,1H3;2-6H,13H2,1H3;1-6,12H,11H2. The van der Waals surface area contributed by atoms with E-state index in [0.717, 1.165) is 135 Å². The van der Waals surface area contributed by atoms with Gasteiger partial charge in [-0.1, -0.05) is 130 Å².